The van der Waals surface area contributed by atoms with Crippen LogP contribution in [0, 0.1) is 0 Å². The van der Waals surface area contributed by atoms with Crippen LogP contribution < -0.4 is 0 Å². The van der Waals surface area contributed by atoms with Crippen LogP contribution in [0.15, 0.2) is 53.8 Å². The molecule has 1 heterocycles. The number of benzene rings is 1. The van der Waals surface area contributed by atoms with Gasteiger partial charge >= 0.3 is 0 Å². The van der Waals surface area contributed by atoms with Crippen molar-refractivity contribution in [3.63, 3.8) is 0 Å². The molecule has 1 unspecified atom stereocenters. The first-order valence-corrected chi connectivity index (χ1v) is 6.93. The summed E-state index contributed by atoms with van der Waals surface area (Å²) < 4.78 is 0. The first kappa shape index (κ1) is 12.9. The zero-order valence-electron chi connectivity index (χ0n) is 11.7. The Morgan fingerprint density at radius 3 is 2.44 bits per heavy atom. The van der Waals surface area contributed by atoms with Crippen LogP contribution in [0.2, 0.25) is 0 Å². The van der Waals surface area contributed by atoms with Crippen LogP contribution in [0.25, 0.3) is 0 Å². The maximum atomic E-state index is 2.47. The average Bonchev–Trinajstić information content (AvgIpc) is 2.41. The molecule has 1 aliphatic heterocycles. The van der Waals surface area contributed by atoms with Crippen LogP contribution in [-0.2, 0) is 6.54 Å². The van der Waals surface area contributed by atoms with Gasteiger partial charge in [-0.15, -0.1) is 0 Å². The number of rotatable bonds is 4. The largest absolute Gasteiger partial charge is 0.366 e. The molecule has 1 aromatic rings. The van der Waals surface area contributed by atoms with E-state index in [2.05, 4.69) is 68.3 Å². The van der Waals surface area contributed by atoms with Gasteiger partial charge in [0, 0.05) is 12.7 Å². The third-order valence-corrected chi connectivity index (χ3v) is 3.80. The fraction of sp³-hybridized carbons (Fsp3) is 0.412. The lowest BCUT2D eigenvalue weighted by Gasteiger charge is -2.35. The van der Waals surface area contributed by atoms with E-state index >= 15 is 0 Å². The molecule has 1 atom stereocenters. The van der Waals surface area contributed by atoms with Crippen molar-refractivity contribution in [2.24, 2.45) is 0 Å². The molecule has 1 heteroatoms. The van der Waals surface area contributed by atoms with Crippen LogP contribution in [0.4, 0.5) is 0 Å². The Bertz CT molecular complexity index is 442. The van der Waals surface area contributed by atoms with Gasteiger partial charge < -0.3 is 4.90 Å². The van der Waals surface area contributed by atoms with Crippen molar-refractivity contribution in [1.82, 2.24) is 4.90 Å². The summed E-state index contributed by atoms with van der Waals surface area (Å²) in [6.07, 6.45) is 6.85. The van der Waals surface area contributed by atoms with Gasteiger partial charge in [-0.1, -0.05) is 44.2 Å². The van der Waals surface area contributed by atoms with Crippen molar-refractivity contribution in [2.75, 3.05) is 0 Å². The summed E-state index contributed by atoms with van der Waals surface area (Å²) in [7, 11) is 0. The van der Waals surface area contributed by atoms with Gasteiger partial charge in [-0.3, -0.25) is 0 Å². The zero-order chi connectivity index (χ0) is 13.0. The smallest absolute Gasteiger partial charge is 0.0503 e. The molecule has 0 N–H and O–H groups in total. The van der Waals surface area contributed by atoms with E-state index in [0.717, 1.165) is 13.0 Å². The Labute approximate surface area is 111 Å². The monoisotopic (exact) mass is 241 g/mol. The van der Waals surface area contributed by atoms with Crippen LogP contribution >= 0.6 is 0 Å². The number of hydrogen-bond donors (Lipinski definition) is 0. The molecular formula is C17H23N. The first-order chi connectivity index (χ1) is 8.76. The predicted molar refractivity (Wildman–Crippen MR) is 78.2 cm³/mol. The van der Waals surface area contributed by atoms with Gasteiger partial charge in [0.2, 0.25) is 0 Å². The van der Waals surface area contributed by atoms with Crippen molar-refractivity contribution in [3.8, 4) is 0 Å². The van der Waals surface area contributed by atoms with Gasteiger partial charge in [-0.2, -0.15) is 0 Å². The number of allylic oxidation sites excluding steroid dienone is 2. The lowest BCUT2D eigenvalue weighted by Crippen LogP contribution is -2.34. The van der Waals surface area contributed by atoms with E-state index in [0.29, 0.717) is 6.04 Å². The summed E-state index contributed by atoms with van der Waals surface area (Å²) in [5, 5.41) is 0. The SMILES string of the molecule is CCC1=C(C)C=CN(Cc2ccccc2)C1CC. The second-order valence-electron chi connectivity index (χ2n) is 4.96. The molecular weight excluding hydrogens is 218 g/mol. The van der Waals surface area contributed by atoms with Gasteiger partial charge in [-0.05, 0) is 42.6 Å². The molecule has 1 aliphatic rings. The normalized spacial score (nSPS) is 19.5. The summed E-state index contributed by atoms with van der Waals surface area (Å²) in [4.78, 5) is 2.47. The molecule has 96 valence electrons. The summed E-state index contributed by atoms with van der Waals surface area (Å²) in [5.41, 5.74) is 4.43. The average molecular weight is 241 g/mol. The molecule has 0 bridgehead atoms. The van der Waals surface area contributed by atoms with E-state index < -0.39 is 0 Å². The quantitative estimate of drug-likeness (QED) is 0.749. The number of nitrogens with zero attached hydrogens (tertiary/aromatic N) is 1. The van der Waals surface area contributed by atoms with E-state index in [-0.39, 0.29) is 0 Å². The minimum atomic E-state index is 0.570. The van der Waals surface area contributed by atoms with Crippen LogP contribution in [0.3, 0.4) is 0 Å². The standard InChI is InChI=1S/C17H23N/c1-4-16-14(3)11-12-18(17(16)5-2)13-15-9-7-6-8-10-15/h6-12,17H,4-5,13H2,1-3H3. The Hall–Kier alpha value is -1.50. The molecule has 0 spiro atoms. The highest BCUT2D eigenvalue weighted by Gasteiger charge is 2.21. The Balaban J connectivity index is 2.17. The Morgan fingerprint density at radius 1 is 1.11 bits per heavy atom. The van der Waals surface area contributed by atoms with Gasteiger partial charge in [-0.25, -0.2) is 0 Å². The molecule has 0 fully saturated rings. The molecule has 0 aliphatic carbocycles. The zero-order valence-corrected chi connectivity index (χ0v) is 11.7. The van der Waals surface area contributed by atoms with Crippen molar-refractivity contribution in [1.29, 1.82) is 0 Å². The van der Waals surface area contributed by atoms with Gasteiger partial charge in [0.25, 0.3) is 0 Å². The second kappa shape index (κ2) is 5.90. The van der Waals surface area contributed by atoms with Gasteiger partial charge in [0.05, 0.1) is 6.04 Å². The summed E-state index contributed by atoms with van der Waals surface area (Å²) in [5.74, 6) is 0. The predicted octanol–water partition coefficient (Wildman–Crippen LogP) is 4.52. The third-order valence-electron chi connectivity index (χ3n) is 3.80. The fourth-order valence-corrected chi connectivity index (χ4v) is 2.83. The molecule has 0 amide bonds. The minimum Gasteiger partial charge on any atom is -0.366 e. The lowest BCUT2D eigenvalue weighted by atomic mass is 9.93. The maximum Gasteiger partial charge on any atom is 0.0503 e. The Kier molecular flexibility index (Phi) is 4.24. The second-order valence-corrected chi connectivity index (χ2v) is 4.96. The maximum absolute atomic E-state index is 2.47. The molecule has 2 rings (SSSR count). The van der Waals surface area contributed by atoms with Crippen molar-refractivity contribution in [2.45, 2.75) is 46.2 Å². The highest BCUT2D eigenvalue weighted by molar-refractivity contribution is 5.32. The van der Waals surface area contributed by atoms with E-state index in [4.69, 9.17) is 0 Å². The van der Waals surface area contributed by atoms with E-state index in [1.807, 2.05) is 0 Å². The Morgan fingerprint density at radius 2 is 1.83 bits per heavy atom. The summed E-state index contributed by atoms with van der Waals surface area (Å²) in [6, 6.07) is 11.3. The molecule has 0 saturated heterocycles. The van der Waals surface area contributed by atoms with Crippen LogP contribution in [0.5, 0.6) is 0 Å². The van der Waals surface area contributed by atoms with Crippen LogP contribution in [-0.4, -0.2) is 10.9 Å². The summed E-state index contributed by atoms with van der Waals surface area (Å²) >= 11 is 0. The molecule has 0 aromatic heterocycles. The van der Waals surface area contributed by atoms with Crippen LogP contribution in [0.1, 0.15) is 39.2 Å². The fourth-order valence-electron chi connectivity index (χ4n) is 2.83. The molecule has 18 heavy (non-hydrogen) atoms. The third kappa shape index (κ3) is 2.66. The van der Waals surface area contributed by atoms with Crippen molar-refractivity contribution >= 4 is 0 Å². The van der Waals surface area contributed by atoms with E-state index in [9.17, 15) is 0 Å². The molecule has 0 saturated carbocycles. The van der Waals surface area contributed by atoms with Crippen molar-refractivity contribution in [3.05, 3.63) is 59.3 Å². The topological polar surface area (TPSA) is 3.24 Å². The van der Waals surface area contributed by atoms with E-state index in [1.54, 1.807) is 5.57 Å². The highest BCUT2D eigenvalue weighted by atomic mass is 15.1. The lowest BCUT2D eigenvalue weighted by molar-refractivity contribution is 0.283. The summed E-state index contributed by atoms with van der Waals surface area (Å²) in [6.45, 7) is 7.79. The van der Waals surface area contributed by atoms with E-state index in [1.165, 1.54) is 17.6 Å². The molecule has 1 nitrogen and oxygen atoms in total. The van der Waals surface area contributed by atoms with Gasteiger partial charge in [0.1, 0.15) is 0 Å². The molecule has 1 aromatic carbocycles. The van der Waals surface area contributed by atoms with Gasteiger partial charge in [0.15, 0.2) is 0 Å². The minimum absolute atomic E-state index is 0.570. The highest BCUT2D eigenvalue weighted by Crippen LogP contribution is 2.27. The molecule has 0 radical (unpaired) electrons. The van der Waals surface area contributed by atoms with Crippen molar-refractivity contribution < 1.29 is 0 Å². The first-order valence-electron chi connectivity index (χ1n) is 6.93. The number of hydrogen-bond acceptors (Lipinski definition) is 1.